The second kappa shape index (κ2) is 7.38. The van der Waals surface area contributed by atoms with Crippen LogP contribution in [0.2, 0.25) is 0 Å². The molecule has 1 rings (SSSR count). The number of phosphoric acid groups is 1. The Balaban J connectivity index is 2.75. The van der Waals surface area contributed by atoms with E-state index in [9.17, 15) is 9.36 Å². The molecule has 0 radical (unpaired) electrons. The van der Waals surface area contributed by atoms with Gasteiger partial charge in [0, 0.05) is 12.1 Å². The highest BCUT2D eigenvalue weighted by molar-refractivity contribution is 7.48. The standard InChI is InChI=1S/C12H18NO5P/c1-4-16-19(15,17-5-2)18-12-7-6-11(13-9-12)8-10(3)14/h6-7,9H,4-5,8H2,1-3H3. The fraction of sp³-hybridized carbons (Fsp3) is 0.500. The van der Waals surface area contributed by atoms with Crippen molar-refractivity contribution >= 4 is 13.6 Å². The van der Waals surface area contributed by atoms with E-state index in [1.54, 1.807) is 26.0 Å². The molecule has 106 valence electrons. The molecule has 0 saturated heterocycles. The molecule has 1 aromatic rings. The van der Waals surface area contributed by atoms with Crippen LogP contribution in [-0.2, 0) is 24.8 Å². The van der Waals surface area contributed by atoms with Crippen molar-refractivity contribution in [3.63, 3.8) is 0 Å². The number of ketones is 1. The van der Waals surface area contributed by atoms with Gasteiger partial charge in [0.2, 0.25) is 0 Å². The van der Waals surface area contributed by atoms with E-state index in [1.165, 1.54) is 13.1 Å². The smallest absolute Gasteiger partial charge is 0.402 e. The minimum Gasteiger partial charge on any atom is -0.402 e. The topological polar surface area (TPSA) is 74.7 Å². The monoisotopic (exact) mass is 287 g/mol. The summed E-state index contributed by atoms with van der Waals surface area (Å²) in [6, 6.07) is 3.22. The van der Waals surface area contributed by atoms with Gasteiger partial charge in [-0.2, -0.15) is 0 Å². The molecule has 0 spiro atoms. The van der Waals surface area contributed by atoms with E-state index < -0.39 is 7.82 Å². The summed E-state index contributed by atoms with van der Waals surface area (Å²) in [6.07, 6.45) is 1.65. The first-order chi connectivity index (χ1) is 8.99. The Kier molecular flexibility index (Phi) is 6.15. The van der Waals surface area contributed by atoms with Gasteiger partial charge in [0.05, 0.1) is 19.4 Å². The summed E-state index contributed by atoms with van der Waals surface area (Å²) < 4.78 is 27.3. The molecule has 0 atom stereocenters. The second-order valence-electron chi connectivity index (χ2n) is 3.74. The van der Waals surface area contributed by atoms with E-state index in [1.807, 2.05) is 0 Å². The van der Waals surface area contributed by atoms with Gasteiger partial charge >= 0.3 is 7.82 Å². The number of phosphoric ester groups is 1. The number of carbonyl (C=O) groups is 1. The van der Waals surface area contributed by atoms with E-state index in [-0.39, 0.29) is 31.2 Å². The molecular weight excluding hydrogens is 269 g/mol. The fourth-order valence-corrected chi connectivity index (χ4v) is 2.54. The maximum absolute atomic E-state index is 12.1. The molecule has 7 heteroatoms. The summed E-state index contributed by atoms with van der Waals surface area (Å²) in [5.41, 5.74) is 0.627. The zero-order chi connectivity index (χ0) is 14.3. The summed E-state index contributed by atoms with van der Waals surface area (Å²) in [7, 11) is -3.59. The SMILES string of the molecule is CCOP(=O)(OCC)Oc1ccc(CC(C)=O)nc1. The van der Waals surface area contributed by atoms with Crippen molar-refractivity contribution in [2.75, 3.05) is 13.2 Å². The first-order valence-corrected chi connectivity index (χ1v) is 7.48. The Bertz CT molecular complexity index is 450. The van der Waals surface area contributed by atoms with E-state index in [4.69, 9.17) is 13.6 Å². The Morgan fingerprint density at radius 2 is 1.89 bits per heavy atom. The first kappa shape index (κ1) is 15.8. The van der Waals surface area contributed by atoms with Crippen molar-refractivity contribution in [2.45, 2.75) is 27.2 Å². The number of aromatic nitrogens is 1. The van der Waals surface area contributed by atoms with Crippen molar-refractivity contribution in [1.29, 1.82) is 0 Å². The Morgan fingerprint density at radius 1 is 1.26 bits per heavy atom. The number of hydrogen-bond donors (Lipinski definition) is 0. The average Bonchev–Trinajstić information content (AvgIpc) is 2.31. The third kappa shape index (κ3) is 5.51. The largest absolute Gasteiger partial charge is 0.530 e. The summed E-state index contributed by atoms with van der Waals surface area (Å²) in [6.45, 7) is 5.32. The third-order valence-corrected chi connectivity index (χ3v) is 3.60. The van der Waals surface area contributed by atoms with E-state index in [0.717, 1.165) is 0 Å². The van der Waals surface area contributed by atoms with Gasteiger partial charge in [0.1, 0.15) is 11.5 Å². The molecule has 0 unspecified atom stereocenters. The molecule has 1 heterocycles. The number of hydrogen-bond acceptors (Lipinski definition) is 6. The van der Waals surface area contributed by atoms with Crippen LogP contribution in [-0.4, -0.2) is 24.0 Å². The number of rotatable bonds is 8. The lowest BCUT2D eigenvalue weighted by molar-refractivity contribution is -0.116. The van der Waals surface area contributed by atoms with Gasteiger partial charge in [-0.05, 0) is 32.9 Å². The Morgan fingerprint density at radius 3 is 2.32 bits per heavy atom. The number of carbonyl (C=O) groups excluding carboxylic acids is 1. The molecule has 0 aromatic carbocycles. The molecule has 0 saturated carbocycles. The van der Waals surface area contributed by atoms with E-state index in [0.29, 0.717) is 5.69 Å². The number of Topliss-reactive ketones (excluding diaryl/α,β-unsaturated/α-hetero) is 1. The zero-order valence-corrected chi connectivity index (χ0v) is 12.2. The minimum atomic E-state index is -3.59. The van der Waals surface area contributed by atoms with Crippen molar-refractivity contribution in [3.05, 3.63) is 24.0 Å². The van der Waals surface area contributed by atoms with Crippen LogP contribution in [0.15, 0.2) is 18.3 Å². The Hall–Kier alpha value is -1.23. The highest BCUT2D eigenvalue weighted by Crippen LogP contribution is 2.49. The van der Waals surface area contributed by atoms with Gasteiger partial charge in [0.25, 0.3) is 0 Å². The molecule has 0 fully saturated rings. The van der Waals surface area contributed by atoms with Crippen LogP contribution >= 0.6 is 7.82 Å². The van der Waals surface area contributed by atoms with Gasteiger partial charge in [-0.25, -0.2) is 4.57 Å². The first-order valence-electron chi connectivity index (χ1n) is 6.02. The summed E-state index contributed by atoms with van der Waals surface area (Å²) in [5.74, 6) is 0.299. The second-order valence-corrected chi connectivity index (χ2v) is 5.33. The summed E-state index contributed by atoms with van der Waals surface area (Å²) in [5, 5.41) is 0. The van der Waals surface area contributed by atoms with Crippen molar-refractivity contribution in [3.8, 4) is 5.75 Å². The summed E-state index contributed by atoms with van der Waals surface area (Å²) in [4.78, 5) is 15.0. The zero-order valence-electron chi connectivity index (χ0n) is 11.3. The molecule has 19 heavy (non-hydrogen) atoms. The molecule has 0 N–H and O–H groups in total. The molecular formula is C12H18NO5P. The predicted molar refractivity (Wildman–Crippen MR) is 70.1 cm³/mol. The minimum absolute atomic E-state index is 0.0236. The van der Waals surface area contributed by atoms with E-state index in [2.05, 4.69) is 4.98 Å². The highest BCUT2D eigenvalue weighted by atomic mass is 31.2. The maximum Gasteiger partial charge on any atom is 0.530 e. The predicted octanol–water partition coefficient (Wildman–Crippen LogP) is 2.77. The molecule has 0 aliphatic heterocycles. The van der Waals surface area contributed by atoms with Crippen LogP contribution in [0.3, 0.4) is 0 Å². The fourth-order valence-electron chi connectivity index (χ4n) is 1.36. The molecule has 0 amide bonds. The number of pyridine rings is 1. The van der Waals surface area contributed by atoms with Crippen molar-refractivity contribution < 1.29 is 22.9 Å². The van der Waals surface area contributed by atoms with Gasteiger partial charge in [-0.15, -0.1) is 0 Å². The molecule has 6 nitrogen and oxygen atoms in total. The normalized spacial score (nSPS) is 11.3. The van der Waals surface area contributed by atoms with E-state index >= 15 is 0 Å². The molecule has 0 aliphatic rings. The van der Waals surface area contributed by atoms with Crippen LogP contribution < -0.4 is 4.52 Å². The van der Waals surface area contributed by atoms with Crippen LogP contribution in [0.25, 0.3) is 0 Å². The van der Waals surface area contributed by atoms with Gasteiger partial charge in [0.15, 0.2) is 0 Å². The van der Waals surface area contributed by atoms with Crippen molar-refractivity contribution in [2.24, 2.45) is 0 Å². The number of nitrogens with zero attached hydrogens (tertiary/aromatic N) is 1. The van der Waals surface area contributed by atoms with Gasteiger partial charge in [-0.3, -0.25) is 18.8 Å². The lowest BCUT2D eigenvalue weighted by Crippen LogP contribution is -2.03. The van der Waals surface area contributed by atoms with Crippen molar-refractivity contribution in [1.82, 2.24) is 4.98 Å². The third-order valence-electron chi connectivity index (χ3n) is 2.02. The van der Waals surface area contributed by atoms with Crippen LogP contribution in [0, 0.1) is 0 Å². The lowest BCUT2D eigenvalue weighted by atomic mass is 10.2. The van der Waals surface area contributed by atoms with Gasteiger partial charge in [-0.1, -0.05) is 0 Å². The van der Waals surface area contributed by atoms with Crippen LogP contribution in [0.5, 0.6) is 5.75 Å². The highest BCUT2D eigenvalue weighted by Gasteiger charge is 2.27. The quantitative estimate of drug-likeness (QED) is 0.684. The Labute approximate surface area is 112 Å². The molecule has 1 aromatic heterocycles. The maximum atomic E-state index is 12.1. The van der Waals surface area contributed by atoms with Gasteiger partial charge < -0.3 is 4.52 Å². The van der Waals surface area contributed by atoms with Crippen LogP contribution in [0.1, 0.15) is 26.5 Å². The van der Waals surface area contributed by atoms with Crippen LogP contribution in [0.4, 0.5) is 0 Å². The lowest BCUT2D eigenvalue weighted by Gasteiger charge is -2.16. The summed E-state index contributed by atoms with van der Waals surface area (Å²) >= 11 is 0. The molecule has 0 aliphatic carbocycles. The molecule has 0 bridgehead atoms. The average molecular weight is 287 g/mol.